The third-order valence-corrected chi connectivity index (χ3v) is 3.82. The lowest BCUT2D eigenvalue weighted by atomic mass is 10.3. The van der Waals surface area contributed by atoms with Crippen LogP contribution < -0.4 is 10.3 Å². The fourth-order valence-corrected chi connectivity index (χ4v) is 2.73. The summed E-state index contributed by atoms with van der Waals surface area (Å²) in [6.45, 7) is 1.32. The quantitative estimate of drug-likeness (QED) is 0.652. The molecule has 2 aromatic heterocycles. The van der Waals surface area contributed by atoms with Crippen molar-refractivity contribution in [3.05, 3.63) is 57.2 Å². The molecule has 24 heavy (non-hydrogen) atoms. The Hall–Kier alpha value is -2.81. The van der Waals surface area contributed by atoms with Crippen LogP contribution in [-0.4, -0.2) is 27.2 Å². The zero-order valence-corrected chi connectivity index (χ0v) is 13.4. The van der Waals surface area contributed by atoms with Crippen molar-refractivity contribution in [2.45, 2.75) is 13.5 Å². The first-order chi connectivity index (χ1) is 11.5. The van der Waals surface area contributed by atoms with Crippen molar-refractivity contribution < 1.29 is 18.7 Å². The summed E-state index contributed by atoms with van der Waals surface area (Å²) >= 11 is 1.16. The van der Waals surface area contributed by atoms with Gasteiger partial charge in [0.2, 0.25) is 4.96 Å². The van der Waals surface area contributed by atoms with E-state index in [9.17, 15) is 14.0 Å². The van der Waals surface area contributed by atoms with Crippen molar-refractivity contribution in [3.63, 3.8) is 0 Å². The summed E-state index contributed by atoms with van der Waals surface area (Å²) in [4.78, 5) is 28.0. The number of carbonyl (C=O) groups excluding carboxylic acids is 1. The molecule has 0 atom stereocenters. The monoisotopic (exact) mass is 349 g/mol. The average Bonchev–Trinajstić information content (AvgIpc) is 2.95. The van der Waals surface area contributed by atoms with Gasteiger partial charge in [0.15, 0.2) is 11.6 Å². The van der Waals surface area contributed by atoms with Crippen LogP contribution in [0.25, 0.3) is 4.96 Å². The van der Waals surface area contributed by atoms with Gasteiger partial charge in [-0.05, 0) is 31.2 Å². The Kier molecular flexibility index (Phi) is 4.52. The third kappa shape index (κ3) is 3.74. The molecule has 7 nitrogen and oxygen atoms in total. The minimum absolute atomic E-state index is 0.0852. The summed E-state index contributed by atoms with van der Waals surface area (Å²) in [5.41, 5.74) is 0.311. The number of fused-ring (bicyclic) bond motifs is 1. The molecule has 0 N–H and O–H groups in total. The molecule has 1 aromatic carbocycles. The first-order valence-electron chi connectivity index (χ1n) is 6.91. The van der Waals surface area contributed by atoms with Crippen LogP contribution in [0.15, 0.2) is 35.1 Å². The average molecular weight is 349 g/mol. The van der Waals surface area contributed by atoms with E-state index in [0.717, 1.165) is 15.9 Å². The summed E-state index contributed by atoms with van der Waals surface area (Å²) in [6, 6.07) is 6.66. The Balaban J connectivity index is 1.57. The Bertz CT molecular complexity index is 936. The van der Waals surface area contributed by atoms with Crippen molar-refractivity contribution in [2.75, 3.05) is 6.61 Å². The van der Waals surface area contributed by atoms with E-state index in [1.54, 1.807) is 6.92 Å². The van der Waals surface area contributed by atoms with Gasteiger partial charge in [-0.25, -0.2) is 14.2 Å². The maximum Gasteiger partial charge on any atom is 0.344 e. The van der Waals surface area contributed by atoms with Crippen molar-refractivity contribution in [1.29, 1.82) is 0 Å². The predicted octanol–water partition coefficient (Wildman–Crippen LogP) is 1.72. The van der Waals surface area contributed by atoms with Gasteiger partial charge in [-0.3, -0.25) is 4.79 Å². The first kappa shape index (κ1) is 16.1. The standard InChI is InChI=1S/C15H12FN3O4S/c1-9-6-13(20)19-15(17-9)24-12(18-19)7-23-14(21)8-22-11-4-2-10(16)3-5-11/h2-6H,7-8H2,1H3. The SMILES string of the molecule is Cc1cc(=O)n2nc(COC(=O)COc3ccc(F)cc3)sc2n1. The van der Waals surface area contributed by atoms with E-state index in [1.165, 1.54) is 30.3 Å². The van der Waals surface area contributed by atoms with Crippen LogP contribution in [0.3, 0.4) is 0 Å². The summed E-state index contributed by atoms with van der Waals surface area (Å²) in [6.07, 6.45) is 0. The minimum atomic E-state index is -0.602. The Morgan fingerprint density at radius 2 is 2.08 bits per heavy atom. The van der Waals surface area contributed by atoms with Gasteiger partial charge in [0.05, 0.1) is 0 Å². The molecule has 0 spiro atoms. The molecule has 0 amide bonds. The molecular weight excluding hydrogens is 337 g/mol. The fraction of sp³-hybridized carbons (Fsp3) is 0.200. The van der Waals surface area contributed by atoms with E-state index in [4.69, 9.17) is 9.47 Å². The van der Waals surface area contributed by atoms with Crippen molar-refractivity contribution in [1.82, 2.24) is 14.6 Å². The van der Waals surface area contributed by atoms with E-state index in [2.05, 4.69) is 10.1 Å². The molecule has 3 rings (SSSR count). The number of ether oxygens (including phenoxy) is 2. The number of rotatable bonds is 5. The molecule has 0 fully saturated rings. The lowest BCUT2D eigenvalue weighted by molar-refractivity contribution is -0.147. The van der Waals surface area contributed by atoms with Crippen molar-refractivity contribution in [3.8, 4) is 5.75 Å². The molecule has 2 heterocycles. The molecular formula is C15H12FN3O4S. The molecule has 0 saturated carbocycles. The van der Waals surface area contributed by atoms with Crippen LogP contribution in [0.5, 0.6) is 5.75 Å². The summed E-state index contributed by atoms with van der Waals surface area (Å²) in [5, 5.41) is 4.50. The molecule has 0 aliphatic rings. The molecule has 0 bridgehead atoms. The van der Waals surface area contributed by atoms with Crippen molar-refractivity contribution >= 4 is 22.3 Å². The van der Waals surface area contributed by atoms with E-state index < -0.39 is 5.97 Å². The summed E-state index contributed by atoms with van der Waals surface area (Å²) < 4.78 is 24.1. The smallest absolute Gasteiger partial charge is 0.344 e. The van der Waals surface area contributed by atoms with Crippen LogP contribution >= 0.6 is 11.3 Å². The zero-order valence-electron chi connectivity index (χ0n) is 12.6. The number of benzene rings is 1. The Morgan fingerprint density at radius 1 is 1.33 bits per heavy atom. The van der Waals surface area contributed by atoms with Gasteiger partial charge in [-0.15, -0.1) is 0 Å². The molecule has 0 unspecified atom stereocenters. The molecule has 9 heteroatoms. The lowest BCUT2D eigenvalue weighted by Crippen LogP contribution is -2.16. The first-order valence-corrected chi connectivity index (χ1v) is 7.73. The highest BCUT2D eigenvalue weighted by Gasteiger charge is 2.11. The molecule has 124 valence electrons. The van der Waals surface area contributed by atoms with E-state index in [1.807, 2.05) is 0 Å². The summed E-state index contributed by atoms with van der Waals surface area (Å²) in [7, 11) is 0. The number of hydrogen-bond acceptors (Lipinski definition) is 7. The number of aromatic nitrogens is 3. The number of carbonyl (C=O) groups is 1. The van der Waals surface area contributed by atoms with Gasteiger partial charge < -0.3 is 9.47 Å². The molecule has 0 saturated heterocycles. The highest BCUT2D eigenvalue weighted by atomic mass is 32.1. The minimum Gasteiger partial charge on any atom is -0.482 e. The van der Waals surface area contributed by atoms with Crippen molar-refractivity contribution in [2.24, 2.45) is 0 Å². The van der Waals surface area contributed by atoms with Crippen LogP contribution in [0, 0.1) is 12.7 Å². The number of halogens is 1. The van der Waals surface area contributed by atoms with E-state index >= 15 is 0 Å². The van der Waals surface area contributed by atoms with Gasteiger partial charge in [-0.2, -0.15) is 9.61 Å². The highest BCUT2D eigenvalue weighted by molar-refractivity contribution is 7.16. The molecule has 0 aliphatic carbocycles. The maximum atomic E-state index is 12.8. The number of hydrogen-bond donors (Lipinski definition) is 0. The van der Waals surface area contributed by atoms with Gasteiger partial charge in [0, 0.05) is 11.8 Å². The number of aryl methyl sites for hydroxylation is 1. The predicted molar refractivity (Wildman–Crippen MR) is 83.6 cm³/mol. The second-order valence-electron chi connectivity index (χ2n) is 4.83. The zero-order chi connectivity index (χ0) is 17.1. The second-order valence-corrected chi connectivity index (χ2v) is 5.87. The van der Waals surface area contributed by atoms with Gasteiger partial charge in [0.25, 0.3) is 5.56 Å². The third-order valence-electron chi connectivity index (χ3n) is 2.94. The molecule has 0 radical (unpaired) electrons. The van der Waals surface area contributed by atoms with Gasteiger partial charge in [-0.1, -0.05) is 11.3 Å². The second kappa shape index (κ2) is 6.75. The normalized spacial score (nSPS) is 10.8. The van der Waals surface area contributed by atoms with Crippen LogP contribution in [-0.2, 0) is 16.1 Å². The van der Waals surface area contributed by atoms with E-state index in [0.29, 0.717) is 21.4 Å². The Morgan fingerprint density at radius 3 is 2.83 bits per heavy atom. The molecule has 3 aromatic rings. The maximum absolute atomic E-state index is 12.8. The Labute approximate surface area is 139 Å². The van der Waals surface area contributed by atoms with E-state index in [-0.39, 0.29) is 24.6 Å². The van der Waals surface area contributed by atoms with Crippen LogP contribution in [0.1, 0.15) is 10.7 Å². The topological polar surface area (TPSA) is 82.8 Å². The van der Waals surface area contributed by atoms with Gasteiger partial charge >= 0.3 is 5.97 Å². The van der Waals surface area contributed by atoms with Crippen LogP contribution in [0.2, 0.25) is 0 Å². The summed E-state index contributed by atoms with van der Waals surface area (Å²) in [5.74, 6) is -0.630. The number of nitrogens with zero attached hydrogens (tertiary/aromatic N) is 3. The largest absolute Gasteiger partial charge is 0.482 e. The van der Waals surface area contributed by atoms with Gasteiger partial charge in [0.1, 0.15) is 18.2 Å². The highest BCUT2D eigenvalue weighted by Crippen LogP contribution is 2.13. The number of esters is 1. The molecule has 0 aliphatic heterocycles. The van der Waals surface area contributed by atoms with Crippen LogP contribution in [0.4, 0.5) is 4.39 Å². The lowest BCUT2D eigenvalue weighted by Gasteiger charge is -2.05. The fourth-order valence-electron chi connectivity index (χ4n) is 1.88.